The summed E-state index contributed by atoms with van der Waals surface area (Å²) < 4.78 is 42.8. The number of ether oxygens (including phenoxy) is 1. The molecule has 3 aromatic carbocycles. The van der Waals surface area contributed by atoms with Gasteiger partial charge in [0.2, 0.25) is 18.5 Å². The Morgan fingerprint density at radius 3 is 2.11 bits per heavy atom. The minimum Gasteiger partial charge on any atom is -0.481 e. The third-order valence-electron chi connectivity index (χ3n) is 8.80. The number of carboxylic acids is 1. The monoisotopic (exact) mass is 621 g/mol. The van der Waals surface area contributed by atoms with Gasteiger partial charge in [0, 0.05) is 17.5 Å². The number of fused-ring (bicyclic) bond motifs is 2. The van der Waals surface area contributed by atoms with Crippen molar-refractivity contribution in [3.63, 3.8) is 0 Å². The average molecular weight is 622 g/mol. The van der Waals surface area contributed by atoms with Crippen LogP contribution in [0, 0.1) is 5.92 Å². The molecule has 6 aromatic rings. The van der Waals surface area contributed by atoms with Crippen LogP contribution in [0.3, 0.4) is 0 Å². The summed E-state index contributed by atoms with van der Waals surface area (Å²) in [5.41, 5.74) is 4.35. The lowest BCUT2D eigenvalue weighted by Gasteiger charge is -2.22. The zero-order valence-electron chi connectivity index (χ0n) is 25.1. The van der Waals surface area contributed by atoms with Gasteiger partial charge < -0.3 is 9.84 Å². The second kappa shape index (κ2) is 12.7. The Kier molecular flexibility index (Phi) is 8.17. The molecule has 234 valence electrons. The van der Waals surface area contributed by atoms with E-state index in [2.05, 4.69) is 9.97 Å². The highest BCUT2D eigenvalue weighted by Crippen LogP contribution is 2.40. The van der Waals surface area contributed by atoms with Crippen LogP contribution in [0.4, 0.5) is 8.78 Å². The molecular weight excluding hydrogens is 588 g/mol. The molecule has 1 aliphatic carbocycles. The number of benzene rings is 3. The summed E-state index contributed by atoms with van der Waals surface area (Å²) in [6.07, 6.45) is 3.90. The highest BCUT2D eigenvalue weighted by atomic mass is 19.1. The van der Waals surface area contributed by atoms with E-state index in [1.807, 2.05) is 36.4 Å². The highest BCUT2D eigenvalue weighted by molar-refractivity contribution is 5.77. The fraction of sp³-hybridized carbons (Fsp3) is 0.278. The largest absolute Gasteiger partial charge is 0.481 e. The van der Waals surface area contributed by atoms with Crippen molar-refractivity contribution in [1.82, 2.24) is 24.1 Å². The summed E-state index contributed by atoms with van der Waals surface area (Å²) in [4.78, 5) is 24.6. The molecule has 0 saturated heterocycles. The van der Waals surface area contributed by atoms with E-state index < -0.39 is 18.6 Å². The average Bonchev–Trinajstić information content (AvgIpc) is 3.86. The molecule has 0 spiro atoms. The number of alkyl halides is 2. The molecule has 0 amide bonds. The molecule has 8 nitrogen and oxygen atoms in total. The number of hydrogen-bond acceptors (Lipinski definition) is 5. The summed E-state index contributed by atoms with van der Waals surface area (Å²) in [5, 5.41) is 9.11. The third-order valence-corrected chi connectivity index (χ3v) is 8.80. The molecule has 1 N–H and O–H groups in total. The predicted molar refractivity (Wildman–Crippen MR) is 171 cm³/mol. The molecule has 46 heavy (non-hydrogen) atoms. The van der Waals surface area contributed by atoms with Crippen molar-refractivity contribution in [1.29, 1.82) is 0 Å². The first-order chi connectivity index (χ1) is 22.5. The zero-order valence-corrected chi connectivity index (χ0v) is 25.1. The summed E-state index contributed by atoms with van der Waals surface area (Å²) in [7, 11) is 0. The Hall–Kier alpha value is -5.12. The Morgan fingerprint density at radius 1 is 0.870 bits per heavy atom. The Bertz CT molecular complexity index is 2000. The number of carbonyl (C=O) groups is 1. The van der Waals surface area contributed by atoms with Crippen molar-refractivity contribution in [3.8, 4) is 17.0 Å². The molecule has 7 rings (SSSR count). The number of carboxylic acid groups (broad SMARTS) is 1. The summed E-state index contributed by atoms with van der Waals surface area (Å²) >= 11 is 0. The van der Waals surface area contributed by atoms with E-state index >= 15 is 8.78 Å². The van der Waals surface area contributed by atoms with Crippen molar-refractivity contribution < 1.29 is 23.4 Å². The fourth-order valence-corrected chi connectivity index (χ4v) is 6.30. The molecule has 0 radical (unpaired) electrons. The molecule has 1 aliphatic rings. The van der Waals surface area contributed by atoms with Gasteiger partial charge in [-0.2, -0.15) is 0 Å². The van der Waals surface area contributed by atoms with Crippen LogP contribution in [0.25, 0.3) is 33.2 Å². The lowest BCUT2D eigenvalue weighted by Crippen LogP contribution is -2.17. The molecule has 10 heteroatoms. The van der Waals surface area contributed by atoms with Gasteiger partial charge in [0.15, 0.2) is 0 Å². The second-order valence-corrected chi connectivity index (χ2v) is 11.8. The lowest BCUT2D eigenvalue weighted by atomic mass is 9.99. The normalized spacial score (nSPS) is 15.0. The van der Waals surface area contributed by atoms with Gasteiger partial charge in [-0.1, -0.05) is 61.4 Å². The SMILES string of the molecule is O=C(O)CCc1ccc(-c2cc(C(F)n3cnc4ccccc43)c(C(F)n3cnc4ccccc43)nc2OCC2CCCC2)cc1. The number of aliphatic carboxylic acids is 1. The third kappa shape index (κ3) is 5.82. The van der Waals surface area contributed by atoms with E-state index in [4.69, 9.17) is 14.8 Å². The smallest absolute Gasteiger partial charge is 0.303 e. The van der Waals surface area contributed by atoms with Crippen molar-refractivity contribution in [2.45, 2.75) is 51.1 Å². The van der Waals surface area contributed by atoms with E-state index in [0.717, 1.165) is 31.2 Å². The van der Waals surface area contributed by atoms with Crippen LogP contribution in [0.1, 0.15) is 61.5 Å². The maximum Gasteiger partial charge on any atom is 0.303 e. The van der Waals surface area contributed by atoms with Crippen LogP contribution in [0.5, 0.6) is 5.88 Å². The standard InChI is InChI=1S/C36H33F2N5O3/c37-34(42-21-39-28-9-3-5-11-30(28)42)27-19-26(25-16-13-23(14-17-25)15-18-32(44)45)36(46-20-24-7-1-2-8-24)41-33(27)35(38)43-22-40-29-10-4-6-12-31(29)43/h3-6,9-14,16-17,19,21-22,24,34-35H,1-2,7-8,15,18,20H2,(H,44,45). The van der Waals surface area contributed by atoms with Crippen LogP contribution in [0.15, 0.2) is 91.5 Å². The summed E-state index contributed by atoms with van der Waals surface area (Å²) in [6.45, 7) is 0.422. The van der Waals surface area contributed by atoms with Gasteiger partial charge in [-0.3, -0.25) is 13.9 Å². The molecule has 2 atom stereocenters. The molecule has 0 bridgehead atoms. The number of para-hydroxylation sites is 4. The van der Waals surface area contributed by atoms with Crippen molar-refractivity contribution in [3.05, 3.63) is 108 Å². The molecule has 3 heterocycles. The Morgan fingerprint density at radius 2 is 1.48 bits per heavy atom. The number of hydrogen-bond donors (Lipinski definition) is 1. The first-order valence-electron chi connectivity index (χ1n) is 15.6. The number of aromatic nitrogens is 5. The van der Waals surface area contributed by atoms with E-state index in [1.54, 1.807) is 42.5 Å². The highest BCUT2D eigenvalue weighted by Gasteiger charge is 2.30. The first kappa shape index (κ1) is 29.6. The number of imidazole rings is 2. The van der Waals surface area contributed by atoms with Gasteiger partial charge in [-0.05, 0) is 66.6 Å². The predicted octanol–water partition coefficient (Wildman–Crippen LogP) is 8.07. The van der Waals surface area contributed by atoms with Crippen LogP contribution in [0.2, 0.25) is 0 Å². The number of aryl methyl sites for hydroxylation is 1. The topological polar surface area (TPSA) is 95.1 Å². The van der Waals surface area contributed by atoms with Gasteiger partial charge in [-0.15, -0.1) is 0 Å². The zero-order chi connectivity index (χ0) is 31.6. The molecular formula is C36H33F2N5O3. The second-order valence-electron chi connectivity index (χ2n) is 11.8. The van der Waals surface area contributed by atoms with E-state index in [0.29, 0.717) is 52.1 Å². The molecule has 2 unspecified atom stereocenters. The number of rotatable bonds is 11. The number of pyridine rings is 1. The molecule has 1 saturated carbocycles. The van der Waals surface area contributed by atoms with Gasteiger partial charge >= 0.3 is 5.97 Å². The van der Waals surface area contributed by atoms with Gasteiger partial charge in [0.25, 0.3) is 0 Å². The van der Waals surface area contributed by atoms with Gasteiger partial charge in [0.05, 0.1) is 41.3 Å². The van der Waals surface area contributed by atoms with Crippen LogP contribution in [-0.4, -0.2) is 41.8 Å². The fourth-order valence-electron chi connectivity index (χ4n) is 6.30. The minimum absolute atomic E-state index is 0.0126. The first-order valence-corrected chi connectivity index (χ1v) is 15.6. The summed E-state index contributed by atoms with van der Waals surface area (Å²) in [6, 6.07) is 23.4. The lowest BCUT2D eigenvalue weighted by molar-refractivity contribution is -0.136. The van der Waals surface area contributed by atoms with E-state index in [-0.39, 0.29) is 23.6 Å². The Balaban J connectivity index is 1.38. The maximum absolute atomic E-state index is 16.9. The number of halogens is 2. The van der Waals surface area contributed by atoms with Gasteiger partial charge in [0.1, 0.15) is 5.69 Å². The Labute approximate surface area is 264 Å². The maximum atomic E-state index is 16.9. The van der Waals surface area contributed by atoms with Crippen molar-refractivity contribution >= 4 is 28.0 Å². The van der Waals surface area contributed by atoms with Crippen molar-refractivity contribution in [2.24, 2.45) is 5.92 Å². The van der Waals surface area contributed by atoms with Crippen LogP contribution >= 0.6 is 0 Å². The molecule has 0 aliphatic heterocycles. The van der Waals surface area contributed by atoms with E-state index in [9.17, 15) is 4.79 Å². The van der Waals surface area contributed by atoms with Gasteiger partial charge in [-0.25, -0.2) is 23.7 Å². The number of nitrogens with zero attached hydrogens (tertiary/aromatic N) is 5. The quantitative estimate of drug-likeness (QED) is 0.157. The van der Waals surface area contributed by atoms with E-state index in [1.165, 1.54) is 21.8 Å². The van der Waals surface area contributed by atoms with Crippen LogP contribution in [-0.2, 0) is 11.2 Å². The van der Waals surface area contributed by atoms with Crippen molar-refractivity contribution in [2.75, 3.05) is 6.61 Å². The van der Waals surface area contributed by atoms with Crippen LogP contribution < -0.4 is 4.74 Å². The minimum atomic E-state index is -1.86. The summed E-state index contributed by atoms with van der Waals surface area (Å²) in [5.74, 6) is -0.288. The molecule has 1 fully saturated rings. The molecule has 3 aromatic heterocycles.